The van der Waals surface area contributed by atoms with Crippen LogP contribution in [0.5, 0.6) is 11.5 Å². The Morgan fingerprint density at radius 3 is 2.67 bits per heavy atom. The highest BCUT2D eigenvalue weighted by Crippen LogP contribution is 2.35. The molecule has 0 aliphatic carbocycles. The summed E-state index contributed by atoms with van der Waals surface area (Å²) in [7, 11) is 3.18. The highest BCUT2D eigenvalue weighted by Gasteiger charge is 2.28. The number of amides is 1. The molecule has 2 aromatic carbocycles. The number of nitrogens with zero attached hydrogens (tertiary/aromatic N) is 1. The standard InChI is InChI=1S/C18H14BrNO4/c1-20(2)18(22)23-12-7-8-13-15(10-12)24-16(17(13)21)9-11-5-3-4-6-14(11)19/h3-10H,1-2H3. The predicted octanol–water partition coefficient (Wildman–Crippen LogP) is 4.13. The van der Waals surface area contributed by atoms with Crippen LogP contribution in [-0.4, -0.2) is 30.9 Å². The second-order valence-electron chi connectivity index (χ2n) is 5.38. The largest absolute Gasteiger partial charge is 0.452 e. The number of benzene rings is 2. The molecule has 6 heteroatoms. The van der Waals surface area contributed by atoms with E-state index in [4.69, 9.17) is 9.47 Å². The monoisotopic (exact) mass is 387 g/mol. The van der Waals surface area contributed by atoms with Gasteiger partial charge in [0.2, 0.25) is 5.78 Å². The SMILES string of the molecule is CN(C)C(=O)Oc1ccc2c(c1)OC(=Cc1ccccc1Br)C2=O. The lowest BCUT2D eigenvalue weighted by Gasteiger charge is -2.10. The van der Waals surface area contributed by atoms with E-state index in [1.165, 1.54) is 11.0 Å². The number of halogens is 1. The molecule has 0 spiro atoms. The fraction of sp³-hybridized carbons (Fsp3) is 0.111. The van der Waals surface area contributed by atoms with Gasteiger partial charge in [0.1, 0.15) is 11.5 Å². The van der Waals surface area contributed by atoms with Gasteiger partial charge in [0, 0.05) is 24.6 Å². The third-order valence-corrected chi connectivity index (χ3v) is 4.13. The second-order valence-corrected chi connectivity index (χ2v) is 6.24. The summed E-state index contributed by atoms with van der Waals surface area (Å²) in [5.41, 5.74) is 1.28. The molecular weight excluding hydrogens is 374 g/mol. The minimum atomic E-state index is -0.497. The second kappa shape index (κ2) is 6.49. The average molecular weight is 388 g/mol. The summed E-state index contributed by atoms with van der Waals surface area (Å²) in [5.74, 6) is 0.726. The van der Waals surface area contributed by atoms with Gasteiger partial charge >= 0.3 is 6.09 Å². The summed E-state index contributed by atoms with van der Waals surface area (Å²) in [6.45, 7) is 0. The Morgan fingerprint density at radius 1 is 1.21 bits per heavy atom. The Bertz CT molecular complexity index is 858. The van der Waals surface area contributed by atoms with Gasteiger partial charge in [-0.2, -0.15) is 0 Å². The summed E-state index contributed by atoms with van der Waals surface area (Å²) < 4.78 is 11.7. The van der Waals surface area contributed by atoms with Gasteiger partial charge < -0.3 is 14.4 Å². The Balaban J connectivity index is 1.88. The van der Waals surface area contributed by atoms with Crippen molar-refractivity contribution < 1.29 is 19.1 Å². The van der Waals surface area contributed by atoms with E-state index in [0.717, 1.165) is 10.0 Å². The molecule has 1 aliphatic rings. The van der Waals surface area contributed by atoms with Crippen molar-refractivity contribution in [2.24, 2.45) is 0 Å². The first-order chi connectivity index (χ1) is 11.5. The Kier molecular flexibility index (Phi) is 4.40. The summed E-state index contributed by atoms with van der Waals surface area (Å²) in [4.78, 5) is 25.3. The van der Waals surface area contributed by atoms with Gasteiger partial charge in [-0.3, -0.25) is 4.79 Å². The lowest BCUT2D eigenvalue weighted by Crippen LogP contribution is -2.25. The summed E-state index contributed by atoms with van der Waals surface area (Å²) in [6, 6.07) is 12.2. The molecule has 3 rings (SSSR count). The molecule has 1 amide bonds. The van der Waals surface area contributed by atoms with Gasteiger partial charge in [0.15, 0.2) is 5.76 Å². The van der Waals surface area contributed by atoms with Crippen LogP contribution < -0.4 is 9.47 Å². The molecule has 0 radical (unpaired) electrons. The zero-order valence-electron chi connectivity index (χ0n) is 13.1. The molecule has 24 heavy (non-hydrogen) atoms. The van der Waals surface area contributed by atoms with Crippen LogP contribution >= 0.6 is 15.9 Å². The molecule has 5 nitrogen and oxygen atoms in total. The number of carbonyl (C=O) groups is 2. The van der Waals surface area contributed by atoms with Crippen molar-refractivity contribution in [2.75, 3.05) is 14.1 Å². The topological polar surface area (TPSA) is 55.8 Å². The number of hydrogen-bond acceptors (Lipinski definition) is 4. The Labute approximate surface area is 147 Å². The third kappa shape index (κ3) is 3.19. The van der Waals surface area contributed by atoms with E-state index in [0.29, 0.717) is 17.1 Å². The number of rotatable bonds is 2. The fourth-order valence-electron chi connectivity index (χ4n) is 2.16. The first-order valence-electron chi connectivity index (χ1n) is 7.17. The smallest absolute Gasteiger partial charge is 0.414 e. The van der Waals surface area contributed by atoms with Crippen LogP contribution in [0.2, 0.25) is 0 Å². The molecule has 0 saturated heterocycles. The van der Waals surface area contributed by atoms with Crippen molar-refractivity contribution in [1.29, 1.82) is 0 Å². The molecule has 0 unspecified atom stereocenters. The lowest BCUT2D eigenvalue weighted by molar-refractivity contribution is 0.101. The van der Waals surface area contributed by atoms with Crippen LogP contribution in [0.15, 0.2) is 52.7 Å². The molecule has 0 aromatic heterocycles. The Hall–Kier alpha value is -2.60. The van der Waals surface area contributed by atoms with Crippen molar-refractivity contribution in [1.82, 2.24) is 4.90 Å². The summed E-state index contributed by atoms with van der Waals surface area (Å²) in [5, 5.41) is 0. The van der Waals surface area contributed by atoms with E-state index in [2.05, 4.69) is 15.9 Å². The van der Waals surface area contributed by atoms with Crippen LogP contribution in [0.1, 0.15) is 15.9 Å². The molecule has 1 aliphatic heterocycles. The number of hydrogen-bond donors (Lipinski definition) is 0. The van der Waals surface area contributed by atoms with E-state index >= 15 is 0 Å². The highest BCUT2D eigenvalue weighted by molar-refractivity contribution is 9.10. The number of carbonyl (C=O) groups excluding carboxylic acids is 2. The van der Waals surface area contributed by atoms with Gasteiger partial charge in [-0.15, -0.1) is 0 Å². The quantitative estimate of drug-likeness (QED) is 0.727. The number of ketones is 1. The molecule has 0 atom stereocenters. The molecule has 0 fully saturated rings. The minimum absolute atomic E-state index is 0.203. The number of ether oxygens (including phenoxy) is 2. The third-order valence-electron chi connectivity index (χ3n) is 3.40. The molecule has 0 bridgehead atoms. The Morgan fingerprint density at radius 2 is 1.96 bits per heavy atom. The average Bonchev–Trinajstić information content (AvgIpc) is 2.85. The lowest BCUT2D eigenvalue weighted by atomic mass is 10.1. The molecular formula is C18H14BrNO4. The van der Waals surface area contributed by atoms with Crippen molar-refractivity contribution >= 4 is 33.9 Å². The van der Waals surface area contributed by atoms with Crippen molar-refractivity contribution in [3.63, 3.8) is 0 Å². The predicted molar refractivity (Wildman–Crippen MR) is 93.2 cm³/mol. The number of allylic oxidation sites excluding steroid dienone is 1. The zero-order valence-corrected chi connectivity index (χ0v) is 14.7. The minimum Gasteiger partial charge on any atom is -0.452 e. The van der Waals surface area contributed by atoms with Gasteiger partial charge in [-0.25, -0.2) is 4.79 Å². The van der Waals surface area contributed by atoms with Gasteiger partial charge in [-0.1, -0.05) is 34.1 Å². The molecule has 2 aromatic rings. The molecule has 1 heterocycles. The van der Waals surface area contributed by atoms with Crippen LogP contribution in [0.25, 0.3) is 6.08 Å². The van der Waals surface area contributed by atoms with Crippen molar-refractivity contribution in [3.05, 3.63) is 63.8 Å². The summed E-state index contributed by atoms with van der Waals surface area (Å²) >= 11 is 3.44. The highest BCUT2D eigenvalue weighted by atomic mass is 79.9. The first-order valence-corrected chi connectivity index (χ1v) is 7.97. The maximum absolute atomic E-state index is 12.4. The molecule has 0 N–H and O–H groups in total. The van der Waals surface area contributed by atoms with Crippen molar-refractivity contribution in [2.45, 2.75) is 0 Å². The molecule has 0 saturated carbocycles. The zero-order chi connectivity index (χ0) is 17.3. The number of fused-ring (bicyclic) bond motifs is 1. The van der Waals surface area contributed by atoms with Crippen LogP contribution in [-0.2, 0) is 0 Å². The van der Waals surface area contributed by atoms with Crippen molar-refractivity contribution in [3.8, 4) is 11.5 Å². The first kappa shape index (κ1) is 16.3. The fourth-order valence-corrected chi connectivity index (χ4v) is 2.56. The van der Waals surface area contributed by atoms with Gasteiger partial charge in [-0.05, 0) is 29.8 Å². The van der Waals surface area contributed by atoms with E-state index in [-0.39, 0.29) is 11.5 Å². The van der Waals surface area contributed by atoms with E-state index < -0.39 is 6.09 Å². The normalized spacial score (nSPS) is 14.3. The van der Waals surface area contributed by atoms with E-state index in [9.17, 15) is 9.59 Å². The number of Topliss-reactive ketones (excluding diaryl/α,β-unsaturated/α-hetero) is 1. The summed E-state index contributed by atoms with van der Waals surface area (Å²) in [6.07, 6.45) is 1.18. The van der Waals surface area contributed by atoms with E-state index in [1.807, 2.05) is 24.3 Å². The van der Waals surface area contributed by atoms with Gasteiger partial charge in [0.05, 0.1) is 5.56 Å². The van der Waals surface area contributed by atoms with Gasteiger partial charge in [0.25, 0.3) is 0 Å². The van der Waals surface area contributed by atoms with Crippen LogP contribution in [0.4, 0.5) is 4.79 Å². The molecule has 122 valence electrons. The maximum Gasteiger partial charge on any atom is 0.414 e. The maximum atomic E-state index is 12.4. The van der Waals surface area contributed by atoms with Crippen LogP contribution in [0, 0.1) is 0 Å². The van der Waals surface area contributed by atoms with Crippen LogP contribution in [0.3, 0.4) is 0 Å². The van der Waals surface area contributed by atoms with E-state index in [1.54, 1.807) is 32.3 Å².